The summed E-state index contributed by atoms with van der Waals surface area (Å²) in [5.41, 5.74) is 2.72. The van der Waals surface area contributed by atoms with Crippen molar-refractivity contribution in [2.45, 2.75) is 60.3 Å². The number of allylic oxidation sites excluding steroid dienone is 2. The van der Waals surface area contributed by atoms with Crippen LogP contribution in [0.4, 0.5) is 0 Å². The zero-order valence-electron chi connectivity index (χ0n) is 11.3. The molecule has 1 nitrogen and oxygen atoms in total. The molecule has 1 heteroatoms. The molecule has 0 amide bonds. The number of hydrogen-bond donors (Lipinski definition) is 0. The average Bonchev–Trinajstić information content (AvgIpc) is 2.54. The molecule has 2 saturated carbocycles. The lowest BCUT2D eigenvalue weighted by molar-refractivity contribution is -0.125. The smallest absolute Gasteiger partial charge is 0.165 e. The summed E-state index contributed by atoms with van der Waals surface area (Å²) in [4.78, 5) is 12.6. The Labute approximate surface area is 99.3 Å². The first kappa shape index (κ1) is 11.9. The van der Waals surface area contributed by atoms with E-state index in [1.807, 2.05) is 0 Å². The van der Waals surface area contributed by atoms with Gasteiger partial charge in [-0.2, -0.15) is 0 Å². The molecule has 0 saturated heterocycles. The van der Waals surface area contributed by atoms with Crippen LogP contribution in [-0.2, 0) is 4.79 Å². The number of fused-ring (bicyclic) bond motifs is 2. The van der Waals surface area contributed by atoms with E-state index in [1.165, 1.54) is 17.6 Å². The van der Waals surface area contributed by atoms with Crippen LogP contribution < -0.4 is 0 Å². The number of carbonyl (C=O) groups is 1. The molecule has 90 valence electrons. The van der Waals surface area contributed by atoms with Crippen molar-refractivity contribution in [2.24, 2.45) is 16.7 Å². The average molecular weight is 220 g/mol. The highest BCUT2D eigenvalue weighted by molar-refractivity contribution is 6.05. The Morgan fingerprint density at radius 3 is 2.19 bits per heavy atom. The molecule has 2 rings (SSSR count). The Bertz CT molecular complexity index is 356. The standard InChI is InChI=1S/C15H24O/c1-6-10(7-2)12-11-8-9-15(5,13(12)16)14(11,3)4/h11H,6-9H2,1-5H3. The van der Waals surface area contributed by atoms with Crippen molar-refractivity contribution in [3.05, 3.63) is 11.1 Å². The van der Waals surface area contributed by atoms with Gasteiger partial charge in [0, 0.05) is 5.41 Å². The molecular formula is C15H24O. The highest BCUT2D eigenvalue weighted by atomic mass is 16.1. The molecule has 2 fully saturated rings. The largest absolute Gasteiger partial charge is 0.294 e. The van der Waals surface area contributed by atoms with E-state index in [-0.39, 0.29) is 10.8 Å². The normalized spacial score (nSPS) is 35.9. The molecule has 2 aliphatic rings. The predicted octanol–water partition coefficient (Wildman–Crippen LogP) is 4.13. The molecule has 2 atom stereocenters. The topological polar surface area (TPSA) is 17.1 Å². The molecule has 2 unspecified atom stereocenters. The molecule has 0 aromatic heterocycles. The summed E-state index contributed by atoms with van der Waals surface area (Å²) < 4.78 is 0. The fourth-order valence-corrected chi connectivity index (χ4v) is 3.91. The summed E-state index contributed by atoms with van der Waals surface area (Å²) >= 11 is 0. The minimum atomic E-state index is -0.0808. The van der Waals surface area contributed by atoms with E-state index in [0.717, 1.165) is 19.3 Å². The van der Waals surface area contributed by atoms with Gasteiger partial charge in [0.25, 0.3) is 0 Å². The second-order valence-corrected chi connectivity index (χ2v) is 6.20. The fraction of sp³-hybridized carbons (Fsp3) is 0.800. The Morgan fingerprint density at radius 1 is 1.25 bits per heavy atom. The second kappa shape index (κ2) is 3.45. The maximum Gasteiger partial charge on any atom is 0.165 e. The van der Waals surface area contributed by atoms with Crippen LogP contribution in [0.2, 0.25) is 0 Å². The molecule has 0 aromatic rings. The predicted molar refractivity (Wildman–Crippen MR) is 67.2 cm³/mol. The van der Waals surface area contributed by atoms with E-state index in [0.29, 0.717) is 11.7 Å². The lowest BCUT2D eigenvalue weighted by Gasteiger charge is -2.31. The van der Waals surface area contributed by atoms with E-state index < -0.39 is 0 Å². The molecule has 0 spiro atoms. The highest BCUT2D eigenvalue weighted by Gasteiger charge is 2.64. The van der Waals surface area contributed by atoms with Gasteiger partial charge >= 0.3 is 0 Å². The van der Waals surface area contributed by atoms with E-state index in [9.17, 15) is 4.79 Å². The van der Waals surface area contributed by atoms with Gasteiger partial charge in [0.05, 0.1) is 0 Å². The zero-order chi connectivity index (χ0) is 12.1. The van der Waals surface area contributed by atoms with Crippen molar-refractivity contribution in [3.8, 4) is 0 Å². The van der Waals surface area contributed by atoms with Crippen LogP contribution in [0.15, 0.2) is 11.1 Å². The van der Waals surface area contributed by atoms with Crippen molar-refractivity contribution >= 4 is 5.78 Å². The molecule has 16 heavy (non-hydrogen) atoms. The van der Waals surface area contributed by atoms with Crippen LogP contribution in [0.1, 0.15) is 60.3 Å². The third kappa shape index (κ3) is 1.15. The van der Waals surface area contributed by atoms with Crippen molar-refractivity contribution in [1.82, 2.24) is 0 Å². The molecule has 0 radical (unpaired) electrons. The minimum absolute atomic E-state index is 0.0808. The van der Waals surface area contributed by atoms with Crippen LogP contribution in [0.25, 0.3) is 0 Å². The van der Waals surface area contributed by atoms with Crippen LogP contribution >= 0.6 is 0 Å². The lowest BCUT2D eigenvalue weighted by atomic mass is 9.70. The number of ketones is 1. The zero-order valence-corrected chi connectivity index (χ0v) is 11.3. The maximum atomic E-state index is 12.6. The fourth-order valence-electron chi connectivity index (χ4n) is 3.91. The summed E-state index contributed by atoms with van der Waals surface area (Å²) in [5, 5.41) is 0. The van der Waals surface area contributed by atoms with Crippen molar-refractivity contribution in [3.63, 3.8) is 0 Å². The van der Waals surface area contributed by atoms with Gasteiger partial charge in [0.15, 0.2) is 5.78 Å². The van der Waals surface area contributed by atoms with E-state index >= 15 is 0 Å². The Morgan fingerprint density at radius 2 is 1.81 bits per heavy atom. The number of carbonyl (C=O) groups excluding carboxylic acids is 1. The summed E-state index contributed by atoms with van der Waals surface area (Å²) in [7, 11) is 0. The Kier molecular flexibility index (Phi) is 2.56. The van der Waals surface area contributed by atoms with Crippen LogP contribution in [0, 0.1) is 16.7 Å². The van der Waals surface area contributed by atoms with Crippen LogP contribution in [0.3, 0.4) is 0 Å². The van der Waals surface area contributed by atoms with Crippen LogP contribution in [-0.4, -0.2) is 5.78 Å². The number of hydrogen-bond acceptors (Lipinski definition) is 1. The quantitative estimate of drug-likeness (QED) is 0.639. The first-order valence-electron chi connectivity index (χ1n) is 6.66. The molecule has 2 aliphatic carbocycles. The highest BCUT2D eigenvalue weighted by Crippen LogP contribution is 2.66. The molecule has 2 bridgehead atoms. The first-order valence-corrected chi connectivity index (χ1v) is 6.66. The Hall–Kier alpha value is -0.590. The third-order valence-corrected chi connectivity index (χ3v) is 5.55. The van der Waals surface area contributed by atoms with Gasteiger partial charge in [-0.1, -0.05) is 40.2 Å². The number of Topliss-reactive ketones (excluding diaryl/α,β-unsaturated/α-hetero) is 1. The molecule has 0 aliphatic heterocycles. The summed E-state index contributed by atoms with van der Waals surface area (Å²) in [6.07, 6.45) is 4.39. The lowest BCUT2D eigenvalue weighted by Crippen LogP contribution is -2.32. The van der Waals surface area contributed by atoms with E-state index in [4.69, 9.17) is 0 Å². The van der Waals surface area contributed by atoms with Crippen molar-refractivity contribution in [1.29, 1.82) is 0 Å². The van der Waals surface area contributed by atoms with Gasteiger partial charge in [-0.05, 0) is 42.6 Å². The summed E-state index contributed by atoms with van der Waals surface area (Å²) in [6.45, 7) is 11.1. The molecule has 0 heterocycles. The van der Waals surface area contributed by atoms with Crippen molar-refractivity contribution in [2.75, 3.05) is 0 Å². The molecule has 0 N–H and O–H groups in total. The minimum Gasteiger partial charge on any atom is -0.294 e. The van der Waals surface area contributed by atoms with Gasteiger partial charge in [-0.15, -0.1) is 0 Å². The van der Waals surface area contributed by atoms with E-state index in [2.05, 4.69) is 34.6 Å². The summed E-state index contributed by atoms with van der Waals surface area (Å²) in [5.74, 6) is 0.993. The van der Waals surface area contributed by atoms with E-state index in [1.54, 1.807) is 0 Å². The third-order valence-electron chi connectivity index (χ3n) is 5.55. The Balaban J connectivity index is 2.56. The first-order chi connectivity index (χ1) is 7.40. The van der Waals surface area contributed by atoms with Gasteiger partial charge in [0.1, 0.15) is 0 Å². The van der Waals surface area contributed by atoms with Gasteiger partial charge in [0.2, 0.25) is 0 Å². The molecular weight excluding hydrogens is 196 g/mol. The SMILES string of the molecule is CCC(CC)=C1C(=O)C2(C)CCC1C2(C)C. The van der Waals surface area contributed by atoms with Crippen LogP contribution in [0.5, 0.6) is 0 Å². The number of rotatable bonds is 2. The second-order valence-electron chi connectivity index (χ2n) is 6.20. The maximum absolute atomic E-state index is 12.6. The monoisotopic (exact) mass is 220 g/mol. The summed E-state index contributed by atoms with van der Waals surface area (Å²) in [6, 6.07) is 0. The molecule has 0 aromatic carbocycles. The van der Waals surface area contributed by atoms with Crippen molar-refractivity contribution < 1.29 is 4.79 Å². The van der Waals surface area contributed by atoms with Gasteiger partial charge in [-0.25, -0.2) is 0 Å². The van der Waals surface area contributed by atoms with Gasteiger partial charge in [-0.3, -0.25) is 4.79 Å². The van der Waals surface area contributed by atoms with Gasteiger partial charge < -0.3 is 0 Å².